The van der Waals surface area contributed by atoms with Crippen LogP contribution in [0.4, 0.5) is 0 Å². The van der Waals surface area contributed by atoms with Crippen molar-refractivity contribution in [2.75, 3.05) is 0 Å². The van der Waals surface area contributed by atoms with Gasteiger partial charge >= 0.3 is 0 Å². The Morgan fingerprint density at radius 1 is 1.41 bits per heavy atom. The van der Waals surface area contributed by atoms with E-state index in [1.54, 1.807) is 10.5 Å². The molecule has 3 nitrogen and oxygen atoms in total. The number of fused-ring (bicyclic) bond motifs is 1. The van der Waals surface area contributed by atoms with Gasteiger partial charge in [-0.15, -0.1) is 0 Å². The fourth-order valence-corrected chi connectivity index (χ4v) is 1.92. The molecule has 17 heavy (non-hydrogen) atoms. The van der Waals surface area contributed by atoms with Crippen molar-refractivity contribution in [3.63, 3.8) is 0 Å². The van der Waals surface area contributed by atoms with Crippen molar-refractivity contribution in [2.45, 2.75) is 13.8 Å². The van der Waals surface area contributed by atoms with E-state index in [0.29, 0.717) is 22.5 Å². The third kappa shape index (κ3) is 1.69. The van der Waals surface area contributed by atoms with Gasteiger partial charge in [0.1, 0.15) is 5.65 Å². The summed E-state index contributed by atoms with van der Waals surface area (Å²) >= 11 is 0. The molecule has 2 heterocycles. The Bertz CT molecular complexity index is 680. The van der Waals surface area contributed by atoms with Gasteiger partial charge < -0.3 is 0 Å². The van der Waals surface area contributed by atoms with Crippen LogP contribution in [0, 0.1) is 13.8 Å². The van der Waals surface area contributed by atoms with E-state index in [1.165, 1.54) is 0 Å². The van der Waals surface area contributed by atoms with E-state index in [0.717, 1.165) is 5.69 Å². The van der Waals surface area contributed by atoms with Gasteiger partial charge in [-0.25, -0.2) is 4.98 Å². The first-order valence-corrected chi connectivity index (χ1v) is 5.37. The summed E-state index contributed by atoms with van der Waals surface area (Å²) in [6, 6.07) is 5.59. The van der Waals surface area contributed by atoms with E-state index in [4.69, 9.17) is 0 Å². The molecule has 0 aliphatic heterocycles. The molecule has 0 N–H and O–H groups in total. The third-order valence-electron chi connectivity index (χ3n) is 2.79. The fraction of sp³-hybridized carbons (Fsp3) is 0.143. The van der Waals surface area contributed by atoms with Gasteiger partial charge in [-0.3, -0.25) is 9.20 Å². The van der Waals surface area contributed by atoms with Crippen molar-refractivity contribution in [2.24, 2.45) is 0 Å². The van der Waals surface area contributed by atoms with Gasteiger partial charge in [-0.05, 0) is 31.6 Å². The summed E-state index contributed by atoms with van der Waals surface area (Å²) in [6.07, 6.45) is 1.58. The van der Waals surface area contributed by atoms with Gasteiger partial charge in [-0.2, -0.15) is 0 Å². The van der Waals surface area contributed by atoms with Crippen molar-refractivity contribution in [3.05, 3.63) is 64.7 Å². The minimum atomic E-state index is -0.0875. The van der Waals surface area contributed by atoms with Gasteiger partial charge in [-0.1, -0.05) is 25.3 Å². The first-order chi connectivity index (χ1) is 8.06. The van der Waals surface area contributed by atoms with Crippen LogP contribution in [-0.2, 0) is 0 Å². The maximum atomic E-state index is 12.4. The number of nitrogens with zero attached hydrogens (tertiary/aromatic N) is 2. The minimum absolute atomic E-state index is 0.0875. The second kappa shape index (κ2) is 4.01. The van der Waals surface area contributed by atoms with Crippen LogP contribution in [0.2, 0.25) is 0 Å². The van der Waals surface area contributed by atoms with Gasteiger partial charge in [0.15, 0.2) is 0 Å². The van der Waals surface area contributed by atoms with Crippen LogP contribution in [0.3, 0.4) is 0 Å². The van der Waals surface area contributed by atoms with Crippen LogP contribution in [0.25, 0.3) is 11.2 Å². The summed E-state index contributed by atoms with van der Waals surface area (Å²) in [7, 11) is 0. The van der Waals surface area contributed by atoms with Crippen LogP contribution in [0.15, 0.2) is 42.2 Å². The molecule has 0 fully saturated rings. The van der Waals surface area contributed by atoms with Gasteiger partial charge in [0.25, 0.3) is 5.56 Å². The molecule has 86 valence electrons. The highest BCUT2D eigenvalue weighted by Gasteiger charge is 2.11. The van der Waals surface area contributed by atoms with Crippen LogP contribution >= 0.6 is 0 Å². The molecule has 0 saturated carbocycles. The number of rotatable bonds is 2. The predicted molar refractivity (Wildman–Crippen MR) is 70.2 cm³/mol. The quantitative estimate of drug-likeness (QED) is 0.737. The Balaban J connectivity index is 2.98. The van der Waals surface area contributed by atoms with Crippen molar-refractivity contribution in [1.82, 2.24) is 9.38 Å². The summed E-state index contributed by atoms with van der Waals surface area (Å²) in [5.74, 6) is 0. The molecule has 0 aliphatic carbocycles. The van der Waals surface area contributed by atoms with E-state index >= 15 is 0 Å². The van der Waals surface area contributed by atoms with E-state index in [9.17, 15) is 4.79 Å². The molecule has 0 atom stereocenters. The molecule has 2 aromatic rings. The Labute approximate surface area is 99.8 Å². The first-order valence-electron chi connectivity index (χ1n) is 5.37. The van der Waals surface area contributed by atoms with E-state index in [1.807, 2.05) is 32.0 Å². The first kappa shape index (κ1) is 11.3. The summed E-state index contributed by atoms with van der Waals surface area (Å²) < 4.78 is 1.59. The molecule has 0 aliphatic rings. The standard InChI is InChI=1S/C14H14N2O/c1-5-9(2)13-11(4)15-12-8-6-7-10(3)16(12)14(13)17/h5-8H,1-2H2,3-4H3. The number of aromatic nitrogens is 2. The van der Waals surface area contributed by atoms with Crippen molar-refractivity contribution >= 4 is 11.2 Å². The fourth-order valence-electron chi connectivity index (χ4n) is 1.92. The number of hydrogen-bond donors (Lipinski definition) is 0. The molecule has 0 unspecified atom stereocenters. The highest BCUT2D eigenvalue weighted by atomic mass is 16.1. The zero-order valence-corrected chi connectivity index (χ0v) is 10.0. The highest BCUT2D eigenvalue weighted by Crippen LogP contribution is 2.13. The molecule has 0 aromatic carbocycles. The SMILES string of the molecule is C=CC(=C)c1c(C)nc2cccc(C)n2c1=O. The molecule has 2 aromatic heterocycles. The molecule has 0 spiro atoms. The second-order valence-electron chi connectivity index (χ2n) is 3.97. The smallest absolute Gasteiger partial charge is 0.266 e. The highest BCUT2D eigenvalue weighted by molar-refractivity contribution is 5.72. The van der Waals surface area contributed by atoms with Gasteiger partial charge in [0.2, 0.25) is 0 Å². The Kier molecular flexibility index (Phi) is 2.68. The number of allylic oxidation sites excluding steroid dienone is 2. The minimum Gasteiger partial charge on any atom is -0.268 e. The molecule has 0 saturated heterocycles. The van der Waals surface area contributed by atoms with Crippen LogP contribution < -0.4 is 5.56 Å². The number of aryl methyl sites for hydroxylation is 2. The van der Waals surface area contributed by atoms with Gasteiger partial charge in [0.05, 0.1) is 11.3 Å². The summed E-state index contributed by atoms with van der Waals surface area (Å²) in [4.78, 5) is 16.8. The second-order valence-corrected chi connectivity index (χ2v) is 3.97. The van der Waals surface area contributed by atoms with Crippen LogP contribution in [0.5, 0.6) is 0 Å². The third-order valence-corrected chi connectivity index (χ3v) is 2.79. The van der Waals surface area contributed by atoms with Crippen molar-refractivity contribution in [3.8, 4) is 0 Å². The molecule has 3 heteroatoms. The number of hydrogen-bond acceptors (Lipinski definition) is 2. The van der Waals surface area contributed by atoms with Crippen LogP contribution in [0.1, 0.15) is 17.0 Å². The van der Waals surface area contributed by atoms with Crippen LogP contribution in [-0.4, -0.2) is 9.38 Å². The normalized spacial score (nSPS) is 10.5. The maximum Gasteiger partial charge on any atom is 0.266 e. The molecular formula is C14H14N2O. The monoisotopic (exact) mass is 226 g/mol. The number of pyridine rings is 1. The molecule has 2 rings (SSSR count). The summed E-state index contributed by atoms with van der Waals surface area (Å²) in [5, 5.41) is 0. The maximum absolute atomic E-state index is 12.4. The topological polar surface area (TPSA) is 34.4 Å². The lowest BCUT2D eigenvalue weighted by Crippen LogP contribution is -2.22. The average molecular weight is 226 g/mol. The largest absolute Gasteiger partial charge is 0.268 e. The van der Waals surface area contributed by atoms with Crippen molar-refractivity contribution < 1.29 is 0 Å². The molecule has 0 amide bonds. The predicted octanol–water partition coefficient (Wildman–Crippen LogP) is 2.51. The molecular weight excluding hydrogens is 212 g/mol. The van der Waals surface area contributed by atoms with Gasteiger partial charge in [0, 0.05) is 5.69 Å². The lowest BCUT2D eigenvalue weighted by molar-refractivity contribution is 0.963. The Morgan fingerprint density at radius 3 is 2.76 bits per heavy atom. The average Bonchev–Trinajstić information content (AvgIpc) is 2.28. The zero-order valence-electron chi connectivity index (χ0n) is 10.0. The van der Waals surface area contributed by atoms with E-state index < -0.39 is 0 Å². The Morgan fingerprint density at radius 2 is 2.12 bits per heavy atom. The van der Waals surface area contributed by atoms with Crippen molar-refractivity contribution in [1.29, 1.82) is 0 Å². The summed E-state index contributed by atoms with van der Waals surface area (Å²) in [5.41, 5.74) is 3.26. The summed E-state index contributed by atoms with van der Waals surface area (Å²) in [6.45, 7) is 11.2. The zero-order chi connectivity index (χ0) is 12.6. The van der Waals surface area contributed by atoms with E-state index in [-0.39, 0.29) is 5.56 Å². The molecule has 0 radical (unpaired) electrons. The lowest BCUT2D eigenvalue weighted by Gasteiger charge is -2.09. The lowest BCUT2D eigenvalue weighted by atomic mass is 10.1. The molecule has 0 bridgehead atoms. The Hall–Kier alpha value is -2.16. The van der Waals surface area contributed by atoms with E-state index in [2.05, 4.69) is 18.1 Å².